The van der Waals surface area contributed by atoms with Crippen molar-refractivity contribution in [1.29, 1.82) is 0 Å². The highest BCUT2D eigenvalue weighted by Gasteiger charge is 2.37. The molecular weight excluding hydrogens is 226 g/mol. The van der Waals surface area contributed by atoms with E-state index in [1.807, 2.05) is 0 Å². The highest BCUT2D eigenvalue weighted by Crippen LogP contribution is 2.34. The monoisotopic (exact) mass is 249 g/mol. The molecule has 3 heteroatoms. The molecule has 1 aliphatic heterocycles. The Kier molecular flexibility index (Phi) is 3.93. The van der Waals surface area contributed by atoms with E-state index in [0.29, 0.717) is 12.5 Å². The molecule has 0 aliphatic carbocycles. The summed E-state index contributed by atoms with van der Waals surface area (Å²) in [6, 6.07) is 6.50. The second-order valence-electron chi connectivity index (χ2n) is 5.60. The van der Waals surface area contributed by atoms with E-state index in [9.17, 15) is 0 Å². The van der Waals surface area contributed by atoms with Crippen LogP contribution in [0.5, 0.6) is 5.75 Å². The van der Waals surface area contributed by atoms with Crippen molar-refractivity contribution in [3.8, 4) is 5.75 Å². The molecule has 18 heavy (non-hydrogen) atoms. The second-order valence-corrected chi connectivity index (χ2v) is 5.60. The van der Waals surface area contributed by atoms with Gasteiger partial charge >= 0.3 is 0 Å². The van der Waals surface area contributed by atoms with Crippen LogP contribution in [-0.2, 0) is 11.2 Å². The lowest BCUT2D eigenvalue weighted by molar-refractivity contribution is -0.106. The molecule has 0 atom stereocenters. The Morgan fingerprint density at radius 1 is 1.39 bits per heavy atom. The maximum absolute atomic E-state index is 5.87. The molecule has 0 unspecified atom stereocenters. The number of benzene rings is 1. The third kappa shape index (κ3) is 2.52. The maximum Gasteiger partial charge on any atom is 0.122 e. The van der Waals surface area contributed by atoms with Crippen molar-refractivity contribution in [1.82, 2.24) is 0 Å². The minimum atomic E-state index is 0.118. The summed E-state index contributed by atoms with van der Waals surface area (Å²) in [6.07, 6.45) is 0.936. The van der Waals surface area contributed by atoms with Crippen LogP contribution in [0.2, 0.25) is 0 Å². The van der Waals surface area contributed by atoms with Crippen LogP contribution in [0, 0.1) is 5.41 Å². The number of ether oxygens (including phenoxy) is 2. The fraction of sp³-hybridized carbons (Fsp3) is 0.600. The first-order valence-corrected chi connectivity index (χ1v) is 6.55. The summed E-state index contributed by atoms with van der Waals surface area (Å²) < 4.78 is 10.8. The van der Waals surface area contributed by atoms with Gasteiger partial charge in [0.05, 0.1) is 20.3 Å². The van der Waals surface area contributed by atoms with E-state index in [2.05, 4.69) is 32.0 Å². The van der Waals surface area contributed by atoms with Gasteiger partial charge in [-0.3, -0.25) is 0 Å². The molecule has 1 aliphatic rings. The first-order valence-electron chi connectivity index (χ1n) is 6.55. The zero-order valence-electron chi connectivity index (χ0n) is 11.5. The van der Waals surface area contributed by atoms with E-state index in [4.69, 9.17) is 15.2 Å². The molecule has 1 saturated heterocycles. The zero-order chi connectivity index (χ0) is 13.2. The number of rotatable bonds is 5. The molecule has 0 aromatic heterocycles. The van der Waals surface area contributed by atoms with E-state index in [1.54, 1.807) is 7.11 Å². The van der Waals surface area contributed by atoms with Crippen molar-refractivity contribution in [2.24, 2.45) is 11.1 Å². The van der Waals surface area contributed by atoms with E-state index >= 15 is 0 Å². The average molecular weight is 249 g/mol. The summed E-state index contributed by atoms with van der Waals surface area (Å²) in [5.74, 6) is 1.49. The summed E-state index contributed by atoms with van der Waals surface area (Å²) in [7, 11) is 1.73. The fourth-order valence-corrected chi connectivity index (χ4v) is 2.35. The van der Waals surface area contributed by atoms with Crippen molar-refractivity contribution in [3.63, 3.8) is 0 Å². The summed E-state index contributed by atoms with van der Waals surface area (Å²) >= 11 is 0. The SMILES string of the molecule is COc1cc(C(C)C)ccc1CC1(CN)COC1. The fourth-order valence-electron chi connectivity index (χ4n) is 2.35. The van der Waals surface area contributed by atoms with E-state index in [1.165, 1.54) is 11.1 Å². The molecule has 0 spiro atoms. The first kappa shape index (κ1) is 13.4. The largest absolute Gasteiger partial charge is 0.496 e. The van der Waals surface area contributed by atoms with Crippen LogP contribution in [0.15, 0.2) is 18.2 Å². The van der Waals surface area contributed by atoms with Crippen LogP contribution in [0.3, 0.4) is 0 Å². The smallest absolute Gasteiger partial charge is 0.122 e. The molecular formula is C15H23NO2. The predicted molar refractivity (Wildman–Crippen MR) is 73.1 cm³/mol. The highest BCUT2D eigenvalue weighted by molar-refractivity contribution is 5.39. The van der Waals surface area contributed by atoms with E-state index < -0.39 is 0 Å². The van der Waals surface area contributed by atoms with Crippen molar-refractivity contribution < 1.29 is 9.47 Å². The Labute approximate surface area is 109 Å². The van der Waals surface area contributed by atoms with Crippen molar-refractivity contribution in [2.75, 3.05) is 26.9 Å². The van der Waals surface area contributed by atoms with Gasteiger partial charge < -0.3 is 15.2 Å². The summed E-state index contributed by atoms with van der Waals surface area (Å²) in [5.41, 5.74) is 8.52. The van der Waals surface area contributed by atoms with Crippen LogP contribution in [-0.4, -0.2) is 26.9 Å². The van der Waals surface area contributed by atoms with Gasteiger partial charge in [0, 0.05) is 12.0 Å². The molecule has 3 nitrogen and oxygen atoms in total. The molecule has 1 aromatic carbocycles. The maximum atomic E-state index is 5.87. The molecule has 2 N–H and O–H groups in total. The average Bonchev–Trinajstić information content (AvgIpc) is 2.33. The molecule has 100 valence electrons. The molecule has 1 fully saturated rings. The standard InChI is InChI=1S/C15H23NO2/c1-11(2)12-4-5-13(14(6-12)17-3)7-15(8-16)9-18-10-15/h4-6,11H,7-10,16H2,1-3H3. The topological polar surface area (TPSA) is 44.5 Å². The van der Waals surface area contributed by atoms with Gasteiger partial charge in [-0.15, -0.1) is 0 Å². The Bertz CT molecular complexity index is 405. The molecule has 1 aromatic rings. The van der Waals surface area contributed by atoms with E-state index in [0.717, 1.165) is 25.4 Å². The van der Waals surface area contributed by atoms with Crippen molar-refractivity contribution >= 4 is 0 Å². The molecule has 0 bridgehead atoms. The van der Waals surface area contributed by atoms with Crippen molar-refractivity contribution in [3.05, 3.63) is 29.3 Å². The summed E-state index contributed by atoms with van der Waals surface area (Å²) in [4.78, 5) is 0. The number of methoxy groups -OCH3 is 1. The quantitative estimate of drug-likeness (QED) is 0.871. The zero-order valence-corrected chi connectivity index (χ0v) is 11.5. The minimum Gasteiger partial charge on any atom is -0.496 e. The number of hydrogen-bond donors (Lipinski definition) is 1. The lowest BCUT2D eigenvalue weighted by Gasteiger charge is -2.41. The molecule has 2 rings (SSSR count). The Hall–Kier alpha value is -1.06. The summed E-state index contributed by atoms with van der Waals surface area (Å²) in [5, 5.41) is 0. The molecule has 0 amide bonds. The number of nitrogens with two attached hydrogens (primary N) is 1. The molecule has 0 saturated carbocycles. The van der Waals surface area contributed by atoms with Crippen LogP contribution in [0.4, 0.5) is 0 Å². The van der Waals surface area contributed by atoms with Gasteiger partial charge in [0.1, 0.15) is 5.75 Å². The van der Waals surface area contributed by atoms with Crippen LogP contribution in [0.25, 0.3) is 0 Å². The molecule has 1 heterocycles. The van der Waals surface area contributed by atoms with E-state index in [-0.39, 0.29) is 5.41 Å². The predicted octanol–water partition coefficient (Wildman–Crippen LogP) is 2.34. The van der Waals surface area contributed by atoms with Crippen LogP contribution < -0.4 is 10.5 Å². The van der Waals surface area contributed by atoms with Gasteiger partial charge in [0.15, 0.2) is 0 Å². The second kappa shape index (κ2) is 5.29. The van der Waals surface area contributed by atoms with Gasteiger partial charge in [-0.1, -0.05) is 26.0 Å². The van der Waals surface area contributed by atoms with Crippen molar-refractivity contribution in [2.45, 2.75) is 26.2 Å². The van der Waals surface area contributed by atoms with Gasteiger partial charge in [-0.25, -0.2) is 0 Å². The highest BCUT2D eigenvalue weighted by atomic mass is 16.5. The van der Waals surface area contributed by atoms with Gasteiger partial charge in [0.2, 0.25) is 0 Å². The minimum absolute atomic E-state index is 0.118. The van der Waals surface area contributed by atoms with Gasteiger partial charge in [-0.2, -0.15) is 0 Å². The molecule has 0 radical (unpaired) electrons. The Morgan fingerprint density at radius 3 is 2.56 bits per heavy atom. The number of hydrogen-bond acceptors (Lipinski definition) is 3. The van der Waals surface area contributed by atoms with Crippen LogP contribution >= 0.6 is 0 Å². The Balaban J connectivity index is 2.22. The summed E-state index contributed by atoms with van der Waals surface area (Å²) in [6.45, 7) is 6.57. The first-order chi connectivity index (χ1) is 8.60. The van der Waals surface area contributed by atoms with Gasteiger partial charge in [0.25, 0.3) is 0 Å². The van der Waals surface area contributed by atoms with Crippen LogP contribution in [0.1, 0.15) is 30.9 Å². The Morgan fingerprint density at radius 2 is 2.11 bits per heavy atom. The lowest BCUT2D eigenvalue weighted by atomic mass is 9.79. The lowest BCUT2D eigenvalue weighted by Crippen LogP contribution is -2.49. The van der Waals surface area contributed by atoms with Gasteiger partial charge in [-0.05, 0) is 29.5 Å². The third-order valence-corrected chi connectivity index (χ3v) is 3.79. The normalized spacial score (nSPS) is 17.6. The third-order valence-electron chi connectivity index (χ3n) is 3.79.